The predicted octanol–water partition coefficient (Wildman–Crippen LogP) is -0.266. The molecule has 1 atom stereocenters. The smallest absolute Gasteiger partial charge is 0.267 e. The SMILES string of the molecule is C[C@H](CCN)n1nc(-n2cncn2)ccc1=O. The normalized spacial score (nSPS) is 12.6. The van der Waals surface area contributed by atoms with Crippen molar-refractivity contribution in [3.8, 4) is 5.82 Å². The van der Waals surface area contributed by atoms with Gasteiger partial charge in [0, 0.05) is 6.07 Å². The molecule has 2 rings (SSSR count). The highest BCUT2D eigenvalue weighted by atomic mass is 16.1. The topological polar surface area (TPSA) is 91.6 Å². The van der Waals surface area contributed by atoms with Crippen LogP contribution < -0.4 is 11.3 Å². The minimum atomic E-state index is -0.144. The van der Waals surface area contributed by atoms with Crippen LogP contribution in [0.25, 0.3) is 5.82 Å². The fourth-order valence-electron chi connectivity index (χ4n) is 1.54. The van der Waals surface area contributed by atoms with Gasteiger partial charge in [0.2, 0.25) is 0 Å². The van der Waals surface area contributed by atoms with Gasteiger partial charge >= 0.3 is 0 Å². The monoisotopic (exact) mass is 234 g/mol. The Hall–Kier alpha value is -2.02. The number of hydrogen-bond donors (Lipinski definition) is 1. The Morgan fingerprint density at radius 2 is 2.29 bits per heavy atom. The lowest BCUT2D eigenvalue weighted by molar-refractivity contribution is 0.439. The molecule has 2 heterocycles. The second-order valence-electron chi connectivity index (χ2n) is 3.74. The Balaban J connectivity index is 2.39. The van der Waals surface area contributed by atoms with Gasteiger partial charge < -0.3 is 5.73 Å². The van der Waals surface area contributed by atoms with E-state index in [9.17, 15) is 4.79 Å². The zero-order chi connectivity index (χ0) is 12.3. The average molecular weight is 234 g/mol. The van der Waals surface area contributed by atoms with E-state index >= 15 is 0 Å². The van der Waals surface area contributed by atoms with Crippen molar-refractivity contribution in [2.75, 3.05) is 6.54 Å². The summed E-state index contributed by atoms with van der Waals surface area (Å²) >= 11 is 0. The molecular formula is C10H14N6O. The van der Waals surface area contributed by atoms with E-state index < -0.39 is 0 Å². The van der Waals surface area contributed by atoms with Crippen molar-refractivity contribution in [2.24, 2.45) is 5.73 Å². The van der Waals surface area contributed by atoms with Gasteiger partial charge in [0.25, 0.3) is 5.56 Å². The standard InChI is InChI=1S/C10H14N6O/c1-8(4-5-11)16-10(17)3-2-9(14-16)15-7-12-6-13-15/h2-3,6-8H,4-5,11H2,1H3/t8-/m1/s1. The van der Waals surface area contributed by atoms with Gasteiger partial charge in [0.15, 0.2) is 5.82 Å². The summed E-state index contributed by atoms with van der Waals surface area (Å²) in [6, 6.07) is 3.05. The molecule has 0 radical (unpaired) electrons. The largest absolute Gasteiger partial charge is 0.330 e. The summed E-state index contributed by atoms with van der Waals surface area (Å²) in [5, 5.41) is 8.21. The molecule has 0 bridgehead atoms. The van der Waals surface area contributed by atoms with Crippen LogP contribution in [0.3, 0.4) is 0 Å². The Labute approximate surface area is 97.9 Å². The summed E-state index contributed by atoms with van der Waals surface area (Å²) in [5.74, 6) is 0.561. The van der Waals surface area contributed by atoms with Gasteiger partial charge in [-0.3, -0.25) is 4.79 Å². The van der Waals surface area contributed by atoms with Gasteiger partial charge in [-0.1, -0.05) is 0 Å². The average Bonchev–Trinajstić information content (AvgIpc) is 2.83. The molecule has 0 aromatic carbocycles. The van der Waals surface area contributed by atoms with Crippen LogP contribution in [0.15, 0.2) is 29.6 Å². The van der Waals surface area contributed by atoms with Crippen molar-refractivity contribution in [1.29, 1.82) is 0 Å². The third-order valence-electron chi connectivity index (χ3n) is 2.47. The fraction of sp³-hybridized carbons (Fsp3) is 0.400. The number of nitrogens with zero attached hydrogens (tertiary/aromatic N) is 5. The Morgan fingerprint density at radius 1 is 1.47 bits per heavy atom. The number of hydrogen-bond acceptors (Lipinski definition) is 5. The molecule has 2 N–H and O–H groups in total. The molecule has 2 aromatic rings. The summed E-state index contributed by atoms with van der Waals surface area (Å²) in [7, 11) is 0. The first-order valence-corrected chi connectivity index (χ1v) is 5.37. The van der Waals surface area contributed by atoms with Crippen molar-refractivity contribution in [2.45, 2.75) is 19.4 Å². The molecule has 0 saturated carbocycles. The fourth-order valence-corrected chi connectivity index (χ4v) is 1.54. The first-order valence-electron chi connectivity index (χ1n) is 5.37. The van der Waals surface area contributed by atoms with Crippen LogP contribution in [-0.2, 0) is 0 Å². The maximum atomic E-state index is 11.7. The molecule has 0 amide bonds. The molecule has 0 spiro atoms. The molecule has 0 aliphatic carbocycles. The van der Waals surface area contributed by atoms with Crippen LogP contribution in [-0.4, -0.2) is 31.1 Å². The lowest BCUT2D eigenvalue weighted by atomic mass is 10.2. The first-order chi connectivity index (χ1) is 8.22. The quantitative estimate of drug-likeness (QED) is 0.786. The number of rotatable bonds is 4. The summed E-state index contributed by atoms with van der Waals surface area (Å²) in [4.78, 5) is 15.5. The maximum Gasteiger partial charge on any atom is 0.267 e. The van der Waals surface area contributed by atoms with E-state index in [-0.39, 0.29) is 11.6 Å². The zero-order valence-electron chi connectivity index (χ0n) is 9.52. The predicted molar refractivity (Wildman–Crippen MR) is 61.8 cm³/mol. The van der Waals surface area contributed by atoms with Crippen LogP contribution in [0.5, 0.6) is 0 Å². The van der Waals surface area contributed by atoms with E-state index in [2.05, 4.69) is 15.2 Å². The summed E-state index contributed by atoms with van der Waals surface area (Å²) in [5.41, 5.74) is 5.34. The molecule has 0 unspecified atom stereocenters. The Morgan fingerprint density at radius 3 is 2.94 bits per heavy atom. The minimum Gasteiger partial charge on any atom is -0.330 e. The zero-order valence-corrected chi connectivity index (χ0v) is 9.52. The van der Waals surface area contributed by atoms with Gasteiger partial charge in [-0.05, 0) is 26.0 Å². The van der Waals surface area contributed by atoms with Crippen molar-refractivity contribution >= 4 is 0 Å². The molecule has 7 heteroatoms. The van der Waals surface area contributed by atoms with Gasteiger partial charge in [0.05, 0.1) is 6.04 Å². The van der Waals surface area contributed by atoms with E-state index in [1.54, 1.807) is 6.07 Å². The highest BCUT2D eigenvalue weighted by Gasteiger charge is 2.09. The number of aromatic nitrogens is 5. The molecule has 90 valence electrons. The third kappa shape index (κ3) is 2.39. The molecule has 0 fully saturated rings. The van der Waals surface area contributed by atoms with E-state index in [4.69, 9.17) is 5.73 Å². The summed E-state index contributed by atoms with van der Waals surface area (Å²) in [6.45, 7) is 2.43. The van der Waals surface area contributed by atoms with Crippen molar-refractivity contribution < 1.29 is 0 Å². The lowest BCUT2D eigenvalue weighted by Crippen LogP contribution is -2.27. The molecule has 17 heavy (non-hydrogen) atoms. The van der Waals surface area contributed by atoms with Gasteiger partial charge in [0.1, 0.15) is 12.7 Å². The highest BCUT2D eigenvalue weighted by Crippen LogP contribution is 2.06. The van der Waals surface area contributed by atoms with Crippen molar-refractivity contribution in [3.05, 3.63) is 35.1 Å². The molecule has 0 aliphatic heterocycles. The van der Waals surface area contributed by atoms with Gasteiger partial charge in [-0.25, -0.2) is 14.3 Å². The number of nitrogens with two attached hydrogens (primary N) is 1. The van der Waals surface area contributed by atoms with Crippen LogP contribution in [0.1, 0.15) is 19.4 Å². The molecule has 7 nitrogen and oxygen atoms in total. The molecule has 2 aromatic heterocycles. The maximum absolute atomic E-state index is 11.7. The van der Waals surface area contributed by atoms with E-state index in [0.29, 0.717) is 18.8 Å². The summed E-state index contributed by atoms with van der Waals surface area (Å²) in [6.07, 6.45) is 3.65. The molecule has 0 aliphatic rings. The Bertz CT molecular complexity index is 532. The van der Waals surface area contributed by atoms with Crippen LogP contribution in [0.4, 0.5) is 0 Å². The summed E-state index contributed by atoms with van der Waals surface area (Å²) < 4.78 is 2.93. The molecular weight excluding hydrogens is 220 g/mol. The lowest BCUT2D eigenvalue weighted by Gasteiger charge is -2.13. The minimum absolute atomic E-state index is 0.0315. The Kier molecular flexibility index (Phi) is 3.29. The van der Waals surface area contributed by atoms with Crippen LogP contribution in [0.2, 0.25) is 0 Å². The van der Waals surface area contributed by atoms with Gasteiger partial charge in [-0.2, -0.15) is 5.10 Å². The van der Waals surface area contributed by atoms with Crippen LogP contribution >= 0.6 is 0 Å². The second kappa shape index (κ2) is 4.88. The first kappa shape index (κ1) is 11.5. The van der Waals surface area contributed by atoms with Crippen LogP contribution in [0, 0.1) is 0 Å². The molecule has 0 saturated heterocycles. The van der Waals surface area contributed by atoms with E-state index in [1.165, 1.54) is 28.1 Å². The van der Waals surface area contributed by atoms with E-state index in [0.717, 1.165) is 0 Å². The third-order valence-corrected chi connectivity index (χ3v) is 2.47. The van der Waals surface area contributed by atoms with Crippen molar-refractivity contribution in [3.63, 3.8) is 0 Å². The van der Waals surface area contributed by atoms with Crippen molar-refractivity contribution in [1.82, 2.24) is 24.5 Å². The highest BCUT2D eigenvalue weighted by molar-refractivity contribution is 5.16. The second-order valence-corrected chi connectivity index (χ2v) is 3.74. The van der Waals surface area contributed by atoms with E-state index in [1.807, 2.05) is 6.92 Å². The van der Waals surface area contributed by atoms with Gasteiger partial charge in [-0.15, -0.1) is 5.10 Å².